The molecular weight excluding hydrogens is 410 g/mol. The highest BCUT2D eigenvalue weighted by molar-refractivity contribution is 5.43. The molecule has 0 fully saturated rings. The average molecular weight is 450 g/mol. The van der Waals surface area contributed by atoms with Crippen molar-refractivity contribution in [2.45, 2.75) is 66.5 Å². The van der Waals surface area contributed by atoms with Crippen LogP contribution in [0.25, 0.3) is 5.69 Å². The summed E-state index contributed by atoms with van der Waals surface area (Å²) in [4.78, 5) is 2.34. The van der Waals surface area contributed by atoms with E-state index < -0.39 is 0 Å². The van der Waals surface area contributed by atoms with Gasteiger partial charge < -0.3 is 9.84 Å². The fourth-order valence-corrected chi connectivity index (χ4v) is 4.13. The smallest absolute Gasteiger partial charge is 0.227 e. The summed E-state index contributed by atoms with van der Waals surface area (Å²) in [6.45, 7) is 12.9. The lowest BCUT2D eigenvalue weighted by molar-refractivity contribution is 0.0927. The number of para-hydroxylation sites is 1. The standard InChI is InChI=1S/C28H39N3O2/c1-6-7-15-25(32)19-30(18-21(2)3)20-27-23(5)29-31(24-13-9-8-10-14-24)28(27)33-26-16-11-12-22(4)17-26/h8-14,16-17,21,25,32H,6-7,15,18-20H2,1-5H3/t25-/m1/s1. The molecule has 0 bridgehead atoms. The molecule has 0 radical (unpaired) electrons. The number of aromatic nitrogens is 2. The Morgan fingerprint density at radius 3 is 2.45 bits per heavy atom. The van der Waals surface area contributed by atoms with Crippen molar-refractivity contribution in [1.29, 1.82) is 0 Å². The van der Waals surface area contributed by atoms with E-state index in [2.05, 4.69) is 38.7 Å². The third kappa shape index (κ3) is 7.18. The van der Waals surface area contributed by atoms with Crippen LogP contribution in [0.3, 0.4) is 0 Å². The maximum atomic E-state index is 10.6. The van der Waals surface area contributed by atoms with E-state index in [1.807, 2.05) is 60.1 Å². The second kappa shape index (κ2) is 12.0. The van der Waals surface area contributed by atoms with Crippen molar-refractivity contribution < 1.29 is 9.84 Å². The highest BCUT2D eigenvalue weighted by Gasteiger charge is 2.23. The van der Waals surface area contributed by atoms with Gasteiger partial charge in [0.15, 0.2) is 0 Å². The molecule has 5 heteroatoms. The van der Waals surface area contributed by atoms with E-state index in [0.717, 1.165) is 59.9 Å². The van der Waals surface area contributed by atoms with Crippen LogP contribution in [0.5, 0.6) is 11.6 Å². The van der Waals surface area contributed by atoms with Gasteiger partial charge in [0.25, 0.3) is 0 Å². The SMILES string of the molecule is CCCC[C@@H](O)CN(Cc1c(C)nn(-c2ccccc2)c1Oc1cccc(C)c1)CC(C)C. The molecule has 0 unspecified atom stereocenters. The van der Waals surface area contributed by atoms with E-state index in [1.54, 1.807) is 0 Å². The molecule has 0 aliphatic heterocycles. The van der Waals surface area contributed by atoms with E-state index in [9.17, 15) is 5.11 Å². The number of ether oxygens (including phenoxy) is 1. The minimum atomic E-state index is -0.325. The maximum absolute atomic E-state index is 10.6. The van der Waals surface area contributed by atoms with Crippen molar-refractivity contribution in [1.82, 2.24) is 14.7 Å². The quantitative estimate of drug-likeness (QED) is 0.353. The molecule has 1 atom stereocenters. The molecule has 0 aliphatic rings. The van der Waals surface area contributed by atoms with E-state index in [0.29, 0.717) is 19.0 Å². The lowest BCUT2D eigenvalue weighted by Crippen LogP contribution is -2.35. The van der Waals surface area contributed by atoms with Crippen molar-refractivity contribution in [3.05, 3.63) is 71.4 Å². The molecule has 5 nitrogen and oxygen atoms in total. The van der Waals surface area contributed by atoms with Crippen LogP contribution in [-0.4, -0.2) is 39.0 Å². The van der Waals surface area contributed by atoms with Gasteiger partial charge in [-0.2, -0.15) is 5.10 Å². The number of unbranched alkanes of at least 4 members (excludes halogenated alkanes) is 1. The molecule has 1 N–H and O–H groups in total. The Kier molecular flexibility index (Phi) is 9.10. The zero-order valence-electron chi connectivity index (χ0n) is 20.8. The molecule has 0 spiro atoms. The van der Waals surface area contributed by atoms with Crippen LogP contribution in [0.1, 0.15) is 56.9 Å². The largest absolute Gasteiger partial charge is 0.439 e. The van der Waals surface area contributed by atoms with Gasteiger partial charge in [0, 0.05) is 19.6 Å². The molecule has 1 aromatic heterocycles. The first-order valence-corrected chi connectivity index (χ1v) is 12.2. The van der Waals surface area contributed by atoms with Gasteiger partial charge in [-0.15, -0.1) is 0 Å². The van der Waals surface area contributed by atoms with Crippen LogP contribution >= 0.6 is 0 Å². The van der Waals surface area contributed by atoms with E-state index in [-0.39, 0.29) is 6.10 Å². The molecule has 0 saturated heterocycles. The molecule has 33 heavy (non-hydrogen) atoms. The van der Waals surface area contributed by atoms with Gasteiger partial charge in [0.1, 0.15) is 5.75 Å². The van der Waals surface area contributed by atoms with Crippen LogP contribution in [0.15, 0.2) is 54.6 Å². The Labute approximate surface area is 199 Å². The van der Waals surface area contributed by atoms with Crippen LogP contribution < -0.4 is 4.74 Å². The van der Waals surface area contributed by atoms with E-state index >= 15 is 0 Å². The predicted octanol–water partition coefficient (Wildman–Crippen LogP) is 6.29. The minimum Gasteiger partial charge on any atom is -0.439 e. The minimum absolute atomic E-state index is 0.325. The third-order valence-corrected chi connectivity index (χ3v) is 5.71. The molecule has 0 saturated carbocycles. The van der Waals surface area contributed by atoms with E-state index in [4.69, 9.17) is 9.84 Å². The van der Waals surface area contributed by atoms with Crippen LogP contribution in [0.4, 0.5) is 0 Å². The monoisotopic (exact) mass is 449 g/mol. The third-order valence-electron chi connectivity index (χ3n) is 5.71. The second-order valence-corrected chi connectivity index (χ2v) is 9.42. The van der Waals surface area contributed by atoms with Crippen molar-refractivity contribution in [3.63, 3.8) is 0 Å². The Balaban J connectivity index is 1.97. The fourth-order valence-electron chi connectivity index (χ4n) is 4.13. The first-order valence-electron chi connectivity index (χ1n) is 12.2. The summed E-state index contributed by atoms with van der Waals surface area (Å²) in [6.07, 6.45) is 2.65. The molecule has 2 aromatic carbocycles. The highest BCUT2D eigenvalue weighted by Crippen LogP contribution is 2.32. The number of rotatable bonds is 12. The molecule has 3 aromatic rings. The van der Waals surface area contributed by atoms with Crippen LogP contribution in [-0.2, 0) is 6.54 Å². The average Bonchev–Trinajstić information content (AvgIpc) is 3.07. The Hall–Kier alpha value is -2.63. The summed E-state index contributed by atoms with van der Waals surface area (Å²) < 4.78 is 8.38. The first kappa shape index (κ1) is 25.0. The van der Waals surface area contributed by atoms with E-state index in [1.165, 1.54) is 0 Å². The number of nitrogens with zero attached hydrogens (tertiary/aromatic N) is 3. The molecular formula is C28H39N3O2. The fraction of sp³-hybridized carbons (Fsp3) is 0.464. The first-order chi connectivity index (χ1) is 15.9. The van der Waals surface area contributed by atoms with Gasteiger partial charge in [-0.05, 0) is 56.0 Å². The molecule has 178 valence electrons. The summed E-state index contributed by atoms with van der Waals surface area (Å²) >= 11 is 0. The van der Waals surface area contributed by atoms with Gasteiger partial charge >= 0.3 is 0 Å². The lowest BCUT2D eigenvalue weighted by atomic mass is 10.1. The number of benzene rings is 2. The van der Waals surface area contributed by atoms with Gasteiger partial charge in [0.2, 0.25) is 5.88 Å². The zero-order chi connectivity index (χ0) is 23.8. The topological polar surface area (TPSA) is 50.5 Å². The Morgan fingerprint density at radius 2 is 1.79 bits per heavy atom. The van der Waals surface area contributed by atoms with Crippen molar-refractivity contribution in [2.24, 2.45) is 5.92 Å². The molecule has 0 aliphatic carbocycles. The number of hydrogen-bond donors (Lipinski definition) is 1. The second-order valence-electron chi connectivity index (χ2n) is 9.42. The van der Waals surface area contributed by atoms with Gasteiger partial charge in [-0.3, -0.25) is 4.90 Å². The Bertz CT molecular complexity index is 998. The van der Waals surface area contributed by atoms with Gasteiger partial charge in [0.05, 0.1) is 23.0 Å². The van der Waals surface area contributed by atoms with Crippen LogP contribution in [0, 0.1) is 19.8 Å². The van der Waals surface area contributed by atoms with Gasteiger partial charge in [-0.1, -0.05) is 63.9 Å². The summed E-state index contributed by atoms with van der Waals surface area (Å²) in [5.74, 6) is 2.03. The highest BCUT2D eigenvalue weighted by atomic mass is 16.5. The van der Waals surface area contributed by atoms with Crippen molar-refractivity contribution in [3.8, 4) is 17.3 Å². The summed E-state index contributed by atoms with van der Waals surface area (Å²) in [5, 5.41) is 15.5. The molecule has 3 rings (SSSR count). The molecule has 0 amide bonds. The summed E-state index contributed by atoms with van der Waals surface area (Å²) in [5.41, 5.74) is 4.12. The maximum Gasteiger partial charge on any atom is 0.227 e. The number of aliphatic hydroxyl groups is 1. The van der Waals surface area contributed by atoms with Crippen molar-refractivity contribution >= 4 is 0 Å². The number of hydrogen-bond acceptors (Lipinski definition) is 4. The van der Waals surface area contributed by atoms with Gasteiger partial charge in [-0.25, -0.2) is 4.68 Å². The number of aliphatic hydroxyl groups excluding tert-OH is 1. The predicted molar refractivity (Wildman–Crippen MR) is 135 cm³/mol. The zero-order valence-corrected chi connectivity index (χ0v) is 20.8. The normalized spacial score (nSPS) is 12.5. The number of aryl methyl sites for hydroxylation is 2. The Morgan fingerprint density at radius 1 is 1.03 bits per heavy atom. The van der Waals surface area contributed by atoms with Crippen molar-refractivity contribution in [2.75, 3.05) is 13.1 Å². The lowest BCUT2D eigenvalue weighted by Gasteiger charge is -2.27. The summed E-state index contributed by atoms with van der Waals surface area (Å²) in [7, 11) is 0. The molecule has 1 heterocycles. The van der Waals surface area contributed by atoms with Crippen LogP contribution in [0.2, 0.25) is 0 Å². The summed E-state index contributed by atoms with van der Waals surface area (Å²) in [6, 6.07) is 18.2.